The fourth-order valence-corrected chi connectivity index (χ4v) is 4.57. The largest absolute Gasteiger partial charge is 0.483 e. The van der Waals surface area contributed by atoms with E-state index < -0.39 is 0 Å². The number of aryl methyl sites for hydroxylation is 1. The van der Waals surface area contributed by atoms with Gasteiger partial charge in [-0.05, 0) is 25.3 Å². The van der Waals surface area contributed by atoms with Crippen LogP contribution < -0.4 is 10.3 Å². The second kappa shape index (κ2) is 4.35. The van der Waals surface area contributed by atoms with Gasteiger partial charge in [-0.25, -0.2) is 0 Å². The highest BCUT2D eigenvalue weighted by Gasteiger charge is 2.42. The first kappa shape index (κ1) is 12.5. The van der Waals surface area contributed by atoms with Crippen molar-refractivity contribution in [2.75, 3.05) is 0 Å². The lowest BCUT2D eigenvalue weighted by molar-refractivity contribution is 0.127. The number of benzene rings is 1. The number of fused-ring (bicyclic) bond motifs is 6. The van der Waals surface area contributed by atoms with E-state index in [0.29, 0.717) is 16.5 Å². The number of hydrogen-bond acceptors (Lipinski definition) is 2. The Morgan fingerprint density at radius 3 is 2.95 bits per heavy atom. The minimum atomic E-state index is -0.00463. The molecule has 0 saturated heterocycles. The molecule has 1 aromatic carbocycles. The normalized spacial score (nSPS) is 28.0. The van der Waals surface area contributed by atoms with Crippen LogP contribution in [0, 0.1) is 0 Å². The molecular formula is C16H16BrNO2. The lowest BCUT2D eigenvalue weighted by atomic mass is 9.79. The fourth-order valence-electron chi connectivity index (χ4n) is 3.67. The third-order valence-corrected chi connectivity index (χ3v) is 5.91. The van der Waals surface area contributed by atoms with Crippen molar-refractivity contribution in [2.24, 2.45) is 7.05 Å². The van der Waals surface area contributed by atoms with E-state index in [2.05, 4.69) is 22.0 Å². The Bertz CT molecular complexity index is 752. The van der Waals surface area contributed by atoms with E-state index in [-0.39, 0.29) is 11.7 Å². The molecule has 3 nitrogen and oxygen atoms in total. The minimum absolute atomic E-state index is 0.00463. The second-order valence-corrected chi connectivity index (χ2v) is 6.82. The molecule has 0 N–H and O–H groups in total. The van der Waals surface area contributed by atoms with E-state index in [1.165, 1.54) is 6.42 Å². The van der Waals surface area contributed by atoms with E-state index in [1.54, 1.807) is 4.57 Å². The van der Waals surface area contributed by atoms with Crippen LogP contribution in [0.3, 0.4) is 0 Å². The number of nitrogens with zero attached hydrogens (tertiary/aromatic N) is 1. The van der Waals surface area contributed by atoms with E-state index in [9.17, 15) is 4.79 Å². The second-order valence-electron chi connectivity index (χ2n) is 5.76. The van der Waals surface area contributed by atoms with Crippen molar-refractivity contribution in [2.45, 2.75) is 36.1 Å². The lowest BCUT2D eigenvalue weighted by Crippen LogP contribution is -2.43. The summed E-state index contributed by atoms with van der Waals surface area (Å²) in [5.74, 6) is 0.966. The van der Waals surface area contributed by atoms with Crippen molar-refractivity contribution in [3.63, 3.8) is 0 Å². The van der Waals surface area contributed by atoms with Crippen molar-refractivity contribution in [1.29, 1.82) is 0 Å². The average molecular weight is 334 g/mol. The zero-order valence-electron chi connectivity index (χ0n) is 11.3. The molecule has 1 unspecified atom stereocenters. The summed E-state index contributed by atoms with van der Waals surface area (Å²) in [5, 5.41) is 1.15. The predicted molar refractivity (Wildman–Crippen MR) is 82.9 cm³/mol. The van der Waals surface area contributed by atoms with Crippen molar-refractivity contribution in [1.82, 2.24) is 4.57 Å². The quantitative estimate of drug-likeness (QED) is 0.692. The van der Waals surface area contributed by atoms with Gasteiger partial charge in [-0.1, -0.05) is 34.1 Å². The molecule has 2 bridgehead atoms. The maximum atomic E-state index is 12.6. The number of pyridine rings is 1. The SMILES string of the molecule is Cn1c(=O)c2c(c3ccccc31)[C@@H]1CCC[C@H](O2)C1Br. The van der Waals surface area contributed by atoms with Gasteiger partial charge < -0.3 is 9.30 Å². The monoisotopic (exact) mass is 333 g/mol. The molecule has 1 fully saturated rings. The number of rotatable bonds is 0. The molecular weight excluding hydrogens is 318 g/mol. The molecule has 104 valence electrons. The molecule has 20 heavy (non-hydrogen) atoms. The highest BCUT2D eigenvalue weighted by Crippen LogP contribution is 2.48. The van der Waals surface area contributed by atoms with Gasteiger partial charge in [-0.15, -0.1) is 0 Å². The molecule has 2 aromatic rings. The van der Waals surface area contributed by atoms with Gasteiger partial charge in [0.05, 0.1) is 10.3 Å². The zero-order chi connectivity index (χ0) is 13.9. The molecule has 0 amide bonds. The van der Waals surface area contributed by atoms with E-state index in [1.807, 2.05) is 25.2 Å². The predicted octanol–water partition coefficient (Wildman–Crippen LogP) is 3.33. The van der Waals surface area contributed by atoms with Crippen molar-refractivity contribution in [3.8, 4) is 5.75 Å². The maximum Gasteiger partial charge on any atom is 0.293 e. The van der Waals surface area contributed by atoms with Gasteiger partial charge >= 0.3 is 0 Å². The summed E-state index contributed by atoms with van der Waals surface area (Å²) in [7, 11) is 1.82. The van der Waals surface area contributed by atoms with Crippen molar-refractivity contribution < 1.29 is 4.74 Å². The summed E-state index contributed by atoms with van der Waals surface area (Å²) in [5.41, 5.74) is 2.10. The summed E-state index contributed by atoms with van der Waals surface area (Å²) in [6.45, 7) is 0. The molecule has 2 heterocycles. The Morgan fingerprint density at radius 1 is 1.30 bits per heavy atom. The Morgan fingerprint density at radius 2 is 2.10 bits per heavy atom. The van der Waals surface area contributed by atoms with Crippen molar-refractivity contribution in [3.05, 3.63) is 40.2 Å². The van der Waals surface area contributed by atoms with Gasteiger partial charge in [-0.3, -0.25) is 4.79 Å². The molecule has 4 rings (SSSR count). The lowest BCUT2D eigenvalue weighted by Gasteiger charge is -2.41. The van der Waals surface area contributed by atoms with Crippen LogP contribution in [0.1, 0.15) is 30.7 Å². The first-order valence-electron chi connectivity index (χ1n) is 7.11. The summed E-state index contributed by atoms with van der Waals surface area (Å²) >= 11 is 3.80. The average Bonchev–Trinajstić information content (AvgIpc) is 2.45. The van der Waals surface area contributed by atoms with Gasteiger partial charge in [0, 0.05) is 23.9 Å². The highest BCUT2D eigenvalue weighted by atomic mass is 79.9. The van der Waals surface area contributed by atoms with Gasteiger partial charge in [-0.2, -0.15) is 0 Å². The molecule has 0 spiro atoms. The first-order valence-corrected chi connectivity index (χ1v) is 8.02. The highest BCUT2D eigenvalue weighted by molar-refractivity contribution is 9.09. The van der Waals surface area contributed by atoms with E-state index in [0.717, 1.165) is 29.3 Å². The summed E-state index contributed by atoms with van der Waals surface area (Å²) < 4.78 is 7.76. The van der Waals surface area contributed by atoms with E-state index >= 15 is 0 Å². The maximum absolute atomic E-state index is 12.6. The summed E-state index contributed by atoms with van der Waals surface area (Å²) in [6.07, 6.45) is 3.46. The first-order chi connectivity index (χ1) is 9.68. The van der Waals surface area contributed by atoms with Crippen LogP contribution in [-0.4, -0.2) is 15.5 Å². The molecule has 1 aliphatic heterocycles. The number of para-hydroxylation sites is 1. The third-order valence-electron chi connectivity index (χ3n) is 4.68. The summed E-state index contributed by atoms with van der Waals surface area (Å²) in [4.78, 5) is 12.9. The molecule has 4 heteroatoms. The molecule has 3 atom stereocenters. The molecule has 0 radical (unpaired) electrons. The smallest absolute Gasteiger partial charge is 0.293 e. The number of aromatic nitrogens is 1. The van der Waals surface area contributed by atoms with Gasteiger partial charge in [0.1, 0.15) is 6.10 Å². The Balaban J connectivity index is 2.12. The summed E-state index contributed by atoms with van der Waals surface area (Å²) in [6, 6.07) is 8.12. The van der Waals surface area contributed by atoms with Crippen LogP contribution in [0.2, 0.25) is 0 Å². The zero-order valence-corrected chi connectivity index (χ0v) is 12.9. The van der Waals surface area contributed by atoms with Crippen LogP contribution in [0.4, 0.5) is 0 Å². The number of halogens is 1. The van der Waals surface area contributed by atoms with Crippen molar-refractivity contribution >= 4 is 26.8 Å². The van der Waals surface area contributed by atoms with Crippen LogP contribution in [0.5, 0.6) is 5.75 Å². The van der Waals surface area contributed by atoms with Gasteiger partial charge in [0.15, 0.2) is 5.75 Å². The topological polar surface area (TPSA) is 31.2 Å². The van der Waals surface area contributed by atoms with Gasteiger partial charge in [0.2, 0.25) is 0 Å². The molecule has 2 aliphatic rings. The van der Waals surface area contributed by atoms with E-state index in [4.69, 9.17) is 4.74 Å². The Hall–Kier alpha value is -1.29. The minimum Gasteiger partial charge on any atom is -0.483 e. The third kappa shape index (κ3) is 1.54. The standard InChI is InChI=1S/C16H16BrNO2/c1-18-11-7-3-2-5-9(11)13-10-6-4-8-12(14(10)17)20-15(13)16(18)19/h2-3,5,7,10,12,14H,4,6,8H2,1H3/t10-,12-,14?/m0/s1. The molecule has 1 saturated carbocycles. The number of ether oxygens (including phenoxy) is 1. The molecule has 1 aromatic heterocycles. The molecule has 1 aliphatic carbocycles. The van der Waals surface area contributed by atoms with Crippen LogP contribution in [-0.2, 0) is 7.05 Å². The van der Waals surface area contributed by atoms with Crippen LogP contribution in [0.25, 0.3) is 10.9 Å². The van der Waals surface area contributed by atoms with Crippen LogP contribution >= 0.6 is 15.9 Å². The fraction of sp³-hybridized carbons (Fsp3) is 0.438. The van der Waals surface area contributed by atoms with Crippen LogP contribution in [0.15, 0.2) is 29.1 Å². The van der Waals surface area contributed by atoms with Gasteiger partial charge in [0.25, 0.3) is 5.56 Å². The Kier molecular flexibility index (Phi) is 2.71. The Labute approximate surface area is 125 Å². The number of alkyl halides is 1. The number of hydrogen-bond donors (Lipinski definition) is 0.